The Bertz CT molecular complexity index is 424. The molecule has 1 aliphatic heterocycles. The third-order valence-corrected chi connectivity index (χ3v) is 1.48. The monoisotopic (exact) mass is 207 g/mol. The number of nitrogens with two attached hydrogens (primary N) is 1. The van der Waals surface area contributed by atoms with E-state index in [0.717, 1.165) is 0 Å². The maximum absolute atomic E-state index is 10.9. The van der Waals surface area contributed by atoms with Gasteiger partial charge in [-0.2, -0.15) is 0 Å². The van der Waals surface area contributed by atoms with E-state index in [4.69, 9.17) is 0 Å². The van der Waals surface area contributed by atoms with Crippen molar-refractivity contribution >= 4 is 23.3 Å². The lowest BCUT2D eigenvalue weighted by atomic mass is 10.3. The standard InChI is InChI=1S/C7H4N2O2.C2H5NO/c10-6-5-4(9-7(6)11)2-1-3-8-5;1-2(3)4/h1-3H,(H,9,10,11);1H3,(H2,3,4). The number of fused-ring (bicyclic) bond motifs is 1. The number of nitrogens with zero attached hydrogens (tertiary/aromatic N) is 1. The fourth-order valence-corrected chi connectivity index (χ4v) is 0.974. The zero-order valence-electron chi connectivity index (χ0n) is 7.98. The average Bonchev–Trinajstić information content (AvgIpc) is 2.43. The first kappa shape index (κ1) is 10.8. The number of ketones is 1. The molecule has 0 saturated carbocycles. The summed E-state index contributed by atoms with van der Waals surface area (Å²) in [5.41, 5.74) is 5.19. The van der Waals surface area contributed by atoms with E-state index in [0.29, 0.717) is 5.69 Å². The first-order valence-corrected chi connectivity index (χ1v) is 4.09. The topological polar surface area (TPSA) is 102 Å². The molecule has 1 aromatic heterocycles. The molecule has 2 amide bonds. The number of anilines is 1. The van der Waals surface area contributed by atoms with Gasteiger partial charge in [0.05, 0.1) is 5.69 Å². The second-order valence-electron chi connectivity index (χ2n) is 2.79. The molecular formula is C9H9N3O3. The summed E-state index contributed by atoms with van der Waals surface area (Å²) in [7, 11) is 0. The van der Waals surface area contributed by atoms with Crippen LogP contribution in [0.3, 0.4) is 0 Å². The van der Waals surface area contributed by atoms with Crippen LogP contribution in [0.4, 0.5) is 5.69 Å². The average molecular weight is 207 g/mol. The van der Waals surface area contributed by atoms with Gasteiger partial charge < -0.3 is 11.1 Å². The maximum Gasteiger partial charge on any atom is 0.298 e. The van der Waals surface area contributed by atoms with Crippen molar-refractivity contribution in [2.45, 2.75) is 6.92 Å². The number of carbonyl (C=O) groups excluding carboxylic acids is 3. The van der Waals surface area contributed by atoms with Crippen LogP contribution in [0.1, 0.15) is 17.4 Å². The fourth-order valence-electron chi connectivity index (χ4n) is 0.974. The minimum absolute atomic E-state index is 0.220. The Balaban J connectivity index is 0.000000245. The van der Waals surface area contributed by atoms with Crippen LogP contribution in [0.2, 0.25) is 0 Å². The highest BCUT2D eigenvalue weighted by molar-refractivity contribution is 6.51. The molecule has 2 heterocycles. The number of aromatic nitrogens is 1. The normalized spacial score (nSPS) is 12.3. The molecule has 0 unspecified atom stereocenters. The number of rotatable bonds is 0. The number of amides is 2. The summed E-state index contributed by atoms with van der Waals surface area (Å²) in [6, 6.07) is 3.31. The predicted octanol–water partition coefficient (Wildman–Crippen LogP) is -0.292. The molecule has 1 aromatic rings. The van der Waals surface area contributed by atoms with Crippen LogP contribution in [0.25, 0.3) is 0 Å². The largest absolute Gasteiger partial charge is 0.370 e. The van der Waals surface area contributed by atoms with E-state index >= 15 is 0 Å². The van der Waals surface area contributed by atoms with Crippen molar-refractivity contribution in [2.24, 2.45) is 5.73 Å². The van der Waals surface area contributed by atoms with Crippen molar-refractivity contribution in [2.75, 3.05) is 5.32 Å². The SMILES string of the molecule is CC(N)=O.O=C1Nc2cccnc2C1=O. The van der Waals surface area contributed by atoms with E-state index in [9.17, 15) is 14.4 Å². The summed E-state index contributed by atoms with van der Waals surface area (Å²) in [5.74, 6) is -1.49. The van der Waals surface area contributed by atoms with Gasteiger partial charge >= 0.3 is 0 Å². The lowest BCUT2D eigenvalue weighted by Gasteiger charge is -1.90. The van der Waals surface area contributed by atoms with Crippen molar-refractivity contribution in [1.29, 1.82) is 0 Å². The highest BCUT2D eigenvalue weighted by atomic mass is 16.2. The number of pyridine rings is 1. The van der Waals surface area contributed by atoms with Gasteiger partial charge in [-0.25, -0.2) is 0 Å². The van der Waals surface area contributed by atoms with Gasteiger partial charge in [-0.15, -0.1) is 0 Å². The number of nitrogens with one attached hydrogen (secondary N) is 1. The zero-order valence-corrected chi connectivity index (χ0v) is 7.98. The smallest absolute Gasteiger partial charge is 0.298 e. The summed E-state index contributed by atoms with van der Waals surface area (Å²) >= 11 is 0. The van der Waals surface area contributed by atoms with Crippen LogP contribution in [-0.4, -0.2) is 22.6 Å². The Morgan fingerprint density at radius 3 is 2.60 bits per heavy atom. The third-order valence-electron chi connectivity index (χ3n) is 1.48. The predicted molar refractivity (Wildman–Crippen MR) is 52.1 cm³/mol. The van der Waals surface area contributed by atoms with Gasteiger partial charge in [-0.3, -0.25) is 19.4 Å². The molecule has 2 rings (SSSR count). The van der Waals surface area contributed by atoms with Gasteiger partial charge in [0.25, 0.3) is 11.7 Å². The maximum atomic E-state index is 10.9. The minimum atomic E-state index is -0.598. The Labute approximate surface area is 85.5 Å². The summed E-state index contributed by atoms with van der Waals surface area (Å²) in [6.07, 6.45) is 1.48. The molecule has 6 nitrogen and oxygen atoms in total. The highest BCUT2D eigenvalue weighted by Crippen LogP contribution is 2.18. The fraction of sp³-hybridized carbons (Fsp3) is 0.111. The Kier molecular flexibility index (Phi) is 3.12. The first-order valence-electron chi connectivity index (χ1n) is 4.09. The third kappa shape index (κ3) is 2.60. The Morgan fingerprint density at radius 2 is 2.07 bits per heavy atom. The molecule has 78 valence electrons. The van der Waals surface area contributed by atoms with Crippen LogP contribution in [0.5, 0.6) is 0 Å². The first-order chi connectivity index (χ1) is 7.02. The Morgan fingerprint density at radius 1 is 1.47 bits per heavy atom. The molecule has 0 bridgehead atoms. The lowest BCUT2D eigenvalue weighted by Crippen LogP contribution is -2.12. The Hall–Kier alpha value is -2.24. The molecule has 0 radical (unpaired) electrons. The van der Waals surface area contributed by atoms with Gasteiger partial charge in [0.2, 0.25) is 5.91 Å². The van der Waals surface area contributed by atoms with Gasteiger partial charge in [-0.05, 0) is 12.1 Å². The number of hydrogen-bond acceptors (Lipinski definition) is 4. The molecule has 0 atom stereocenters. The van der Waals surface area contributed by atoms with E-state index in [-0.39, 0.29) is 11.6 Å². The van der Waals surface area contributed by atoms with Crippen molar-refractivity contribution in [3.05, 3.63) is 24.0 Å². The molecule has 0 saturated heterocycles. The molecule has 1 aliphatic rings. The van der Waals surface area contributed by atoms with Gasteiger partial charge in [0.15, 0.2) is 0 Å². The molecule has 0 spiro atoms. The number of hydrogen-bond donors (Lipinski definition) is 2. The minimum Gasteiger partial charge on any atom is -0.370 e. The van der Waals surface area contributed by atoms with Gasteiger partial charge in [-0.1, -0.05) is 0 Å². The van der Waals surface area contributed by atoms with Crippen LogP contribution in [0, 0.1) is 0 Å². The lowest BCUT2D eigenvalue weighted by molar-refractivity contribution is -0.116. The molecule has 0 aromatic carbocycles. The van der Waals surface area contributed by atoms with E-state index < -0.39 is 11.7 Å². The second kappa shape index (κ2) is 4.32. The molecule has 15 heavy (non-hydrogen) atoms. The zero-order chi connectivity index (χ0) is 11.4. The molecule has 6 heteroatoms. The van der Waals surface area contributed by atoms with E-state index in [1.165, 1.54) is 13.1 Å². The van der Waals surface area contributed by atoms with Crippen LogP contribution in [0.15, 0.2) is 18.3 Å². The summed E-state index contributed by atoms with van der Waals surface area (Å²) in [5, 5.41) is 2.40. The summed E-state index contributed by atoms with van der Waals surface area (Å²) in [6.45, 7) is 1.31. The van der Waals surface area contributed by atoms with E-state index in [2.05, 4.69) is 16.0 Å². The van der Waals surface area contributed by atoms with E-state index in [1.807, 2.05) is 0 Å². The van der Waals surface area contributed by atoms with Crippen LogP contribution < -0.4 is 11.1 Å². The highest BCUT2D eigenvalue weighted by Gasteiger charge is 2.28. The van der Waals surface area contributed by atoms with Crippen molar-refractivity contribution in [3.8, 4) is 0 Å². The summed E-state index contributed by atoms with van der Waals surface area (Å²) in [4.78, 5) is 34.6. The van der Waals surface area contributed by atoms with Crippen molar-refractivity contribution in [3.63, 3.8) is 0 Å². The number of carbonyl (C=O) groups is 3. The van der Waals surface area contributed by atoms with Gasteiger partial charge in [0, 0.05) is 13.1 Å². The quantitative estimate of drug-likeness (QED) is 0.570. The molecule has 0 fully saturated rings. The van der Waals surface area contributed by atoms with E-state index in [1.54, 1.807) is 12.1 Å². The number of primary amides is 1. The number of Topliss-reactive ketones (excluding diaryl/α,β-unsaturated/α-hetero) is 1. The molecule has 3 N–H and O–H groups in total. The van der Waals surface area contributed by atoms with Crippen LogP contribution in [-0.2, 0) is 9.59 Å². The molecular weight excluding hydrogens is 198 g/mol. The van der Waals surface area contributed by atoms with Crippen molar-refractivity contribution in [1.82, 2.24) is 4.98 Å². The van der Waals surface area contributed by atoms with Crippen LogP contribution >= 0.6 is 0 Å². The summed E-state index contributed by atoms with van der Waals surface area (Å²) < 4.78 is 0. The molecule has 0 aliphatic carbocycles. The van der Waals surface area contributed by atoms with Gasteiger partial charge in [0.1, 0.15) is 5.69 Å². The second-order valence-corrected chi connectivity index (χ2v) is 2.79. The van der Waals surface area contributed by atoms with Crippen molar-refractivity contribution < 1.29 is 14.4 Å².